The predicted octanol–water partition coefficient (Wildman–Crippen LogP) is 9.24. The van der Waals surface area contributed by atoms with Crippen LogP contribution < -0.4 is 0 Å². The van der Waals surface area contributed by atoms with Gasteiger partial charge in [0, 0.05) is 70.4 Å². The second-order valence-electron chi connectivity index (χ2n) is 11.8. The second kappa shape index (κ2) is 12.6. The Labute approximate surface area is 290 Å². The monoisotopic (exact) mass is 688 g/mol. The lowest BCUT2D eigenvalue weighted by Gasteiger charge is -2.13. The number of fused-ring (bicyclic) bond motifs is 2. The molecule has 0 aliphatic heterocycles. The number of rotatable bonds is 5. The van der Waals surface area contributed by atoms with Gasteiger partial charge in [0.05, 0.1) is 28.3 Å². The molecule has 8 rings (SSSR count). The Kier molecular flexibility index (Phi) is 8.10. The lowest BCUT2D eigenvalue weighted by Crippen LogP contribution is -2.00. The van der Waals surface area contributed by atoms with Crippen LogP contribution in [-0.4, -0.2) is 49.1 Å². The number of nitrogens with zero attached hydrogens (tertiary/aromatic N) is 3. The van der Waals surface area contributed by atoms with E-state index in [2.05, 4.69) is 51.7 Å². The molecule has 0 aliphatic carbocycles. The normalized spacial score (nSPS) is 11.3. The van der Waals surface area contributed by atoms with Gasteiger partial charge in [-0.05, 0) is 98.9 Å². The van der Waals surface area contributed by atoms with E-state index >= 15 is 0 Å². The number of aromatic amines is 3. The summed E-state index contributed by atoms with van der Waals surface area (Å²) in [6.07, 6.45) is 7.47. The Morgan fingerprint density at radius 2 is 1.16 bits per heavy atom. The molecule has 0 unspecified atom stereocenters. The Balaban J connectivity index is 0.000000155. The summed E-state index contributed by atoms with van der Waals surface area (Å²) < 4.78 is 7.07. The van der Waals surface area contributed by atoms with E-state index < -0.39 is 0 Å². The summed E-state index contributed by atoms with van der Waals surface area (Å²) >= 11 is 10.9. The van der Waals surface area contributed by atoms with Crippen molar-refractivity contribution in [1.82, 2.24) is 28.7 Å². The van der Waals surface area contributed by atoms with Gasteiger partial charge in [0.2, 0.25) is 0 Å². The van der Waals surface area contributed by atoms with E-state index in [9.17, 15) is 20.4 Å². The highest BCUT2D eigenvalue weighted by Crippen LogP contribution is 2.37. The first-order valence-corrected chi connectivity index (χ1v) is 16.3. The van der Waals surface area contributed by atoms with Crippen LogP contribution in [0.2, 0.25) is 0 Å². The number of phenolic OH excluding ortho intramolecular Hbond substituents is 4. The zero-order valence-electron chi connectivity index (χ0n) is 26.4. The summed E-state index contributed by atoms with van der Waals surface area (Å²) in [5, 5.41) is 41.6. The van der Waals surface area contributed by atoms with Crippen molar-refractivity contribution in [2.24, 2.45) is 0 Å². The lowest BCUT2D eigenvalue weighted by molar-refractivity contribution is 0.450. The third kappa shape index (κ3) is 5.66. The van der Waals surface area contributed by atoms with E-state index in [1.54, 1.807) is 30.6 Å². The maximum Gasteiger partial charge on any atom is 0.182 e. The second-order valence-corrected chi connectivity index (χ2v) is 12.5. The largest absolute Gasteiger partial charge is 0.508 e. The summed E-state index contributed by atoms with van der Waals surface area (Å²) in [5.41, 5.74) is 6.62. The zero-order valence-corrected chi connectivity index (χ0v) is 28.0. The molecule has 0 bridgehead atoms. The fourth-order valence-electron chi connectivity index (χ4n) is 6.17. The molecule has 8 aromatic rings. The van der Waals surface area contributed by atoms with Crippen LogP contribution in [0, 0.1) is 9.54 Å². The molecular formula is C37H32N6O4S2. The van der Waals surface area contributed by atoms with Crippen LogP contribution >= 0.6 is 24.4 Å². The average molecular weight is 689 g/mol. The first-order chi connectivity index (χ1) is 23.6. The minimum Gasteiger partial charge on any atom is -0.508 e. The molecule has 0 saturated carbocycles. The SMILES string of the molecule is CC(C)n1ccc2c(-n3c(-c4ccc(O)cc4O)c[nH]c3=S)cccc21.Oc1ccc(-c2c[nH]c(=S)n2-c2cccc3[nH]ccc23)c(O)c1. The molecule has 0 radical (unpaired) electrons. The van der Waals surface area contributed by atoms with E-state index in [-0.39, 0.29) is 23.0 Å². The first-order valence-electron chi connectivity index (χ1n) is 15.4. The number of hydrogen-bond acceptors (Lipinski definition) is 6. The number of phenols is 4. The Bertz CT molecular complexity index is 2600. The van der Waals surface area contributed by atoms with Crippen molar-refractivity contribution in [2.75, 3.05) is 0 Å². The van der Waals surface area contributed by atoms with Gasteiger partial charge in [-0.1, -0.05) is 12.1 Å². The van der Waals surface area contributed by atoms with Crippen LogP contribution in [0.3, 0.4) is 0 Å². The molecule has 0 saturated heterocycles. The topological polar surface area (TPSA) is 143 Å². The molecule has 10 nitrogen and oxygen atoms in total. The smallest absolute Gasteiger partial charge is 0.182 e. The first kappa shape index (κ1) is 31.6. The van der Waals surface area contributed by atoms with Crippen LogP contribution in [-0.2, 0) is 0 Å². The van der Waals surface area contributed by atoms with Crippen molar-refractivity contribution in [1.29, 1.82) is 0 Å². The number of benzene rings is 4. The third-order valence-corrected chi connectivity index (χ3v) is 9.02. The highest BCUT2D eigenvalue weighted by molar-refractivity contribution is 7.71. The standard InChI is InChI=1S/C20H19N3O2S.C17H13N3O2S/c1-12(2)22-9-8-14-16(22)4-3-5-17(14)23-18(11-21-20(23)26)15-7-6-13(24)10-19(15)25;21-10-4-5-12(16(22)8-10)15-9-19-17(23)20(15)14-3-1-2-13-11(14)6-7-18-13/h3-12,24-25H,1-2H3,(H,21,26);1-9,18,21-22H,(H,19,23). The molecule has 12 heteroatoms. The Hall–Kier alpha value is -5.98. The van der Waals surface area contributed by atoms with Crippen LogP contribution in [0.4, 0.5) is 0 Å². The fraction of sp³-hybridized carbons (Fsp3) is 0.0811. The molecule has 49 heavy (non-hydrogen) atoms. The van der Waals surface area contributed by atoms with Crippen molar-refractivity contribution in [3.05, 3.63) is 119 Å². The van der Waals surface area contributed by atoms with Crippen molar-refractivity contribution >= 4 is 46.2 Å². The highest BCUT2D eigenvalue weighted by atomic mass is 32.1. The minimum absolute atomic E-state index is 0.000300. The molecule has 246 valence electrons. The molecule has 7 N–H and O–H groups in total. The zero-order chi connectivity index (χ0) is 34.4. The molecule has 0 fully saturated rings. The minimum atomic E-state index is -0.00556. The van der Waals surface area contributed by atoms with Crippen molar-refractivity contribution in [2.45, 2.75) is 19.9 Å². The van der Waals surface area contributed by atoms with Gasteiger partial charge in [0.25, 0.3) is 0 Å². The van der Waals surface area contributed by atoms with Crippen molar-refractivity contribution in [3.8, 4) is 56.9 Å². The molecule has 4 aromatic heterocycles. The van der Waals surface area contributed by atoms with Gasteiger partial charge in [-0.25, -0.2) is 0 Å². The Morgan fingerprint density at radius 1 is 0.612 bits per heavy atom. The maximum atomic E-state index is 10.3. The van der Waals surface area contributed by atoms with E-state index in [0.29, 0.717) is 26.7 Å². The Morgan fingerprint density at radius 3 is 1.71 bits per heavy atom. The number of aromatic nitrogens is 6. The number of H-pyrrole nitrogens is 3. The van der Waals surface area contributed by atoms with Crippen LogP contribution in [0.5, 0.6) is 23.0 Å². The number of nitrogens with one attached hydrogen (secondary N) is 3. The van der Waals surface area contributed by atoms with E-state index in [1.165, 1.54) is 18.2 Å². The van der Waals surface area contributed by atoms with Crippen LogP contribution in [0.1, 0.15) is 19.9 Å². The van der Waals surface area contributed by atoms with E-state index in [4.69, 9.17) is 24.4 Å². The summed E-state index contributed by atoms with van der Waals surface area (Å²) in [7, 11) is 0. The van der Waals surface area contributed by atoms with E-state index in [0.717, 1.165) is 44.6 Å². The maximum absolute atomic E-state index is 10.3. The van der Waals surface area contributed by atoms with Gasteiger partial charge in [0.15, 0.2) is 9.54 Å². The van der Waals surface area contributed by atoms with Crippen molar-refractivity contribution < 1.29 is 20.4 Å². The van der Waals surface area contributed by atoms with Crippen LogP contribution in [0.25, 0.3) is 55.7 Å². The number of imidazole rings is 2. The van der Waals surface area contributed by atoms with Gasteiger partial charge in [-0.15, -0.1) is 0 Å². The molecule has 0 amide bonds. The quantitative estimate of drug-likeness (QED) is 0.0899. The average Bonchev–Trinajstić information content (AvgIpc) is 3.87. The predicted molar refractivity (Wildman–Crippen MR) is 197 cm³/mol. The highest BCUT2D eigenvalue weighted by Gasteiger charge is 2.17. The lowest BCUT2D eigenvalue weighted by atomic mass is 10.1. The van der Waals surface area contributed by atoms with Gasteiger partial charge < -0.3 is 39.9 Å². The molecule has 0 atom stereocenters. The molecule has 4 aromatic carbocycles. The molecular weight excluding hydrogens is 657 g/mol. The molecule has 0 aliphatic rings. The fourth-order valence-corrected chi connectivity index (χ4v) is 6.68. The van der Waals surface area contributed by atoms with Crippen molar-refractivity contribution in [3.63, 3.8) is 0 Å². The van der Waals surface area contributed by atoms with Crippen LogP contribution in [0.15, 0.2) is 110 Å². The molecule has 0 spiro atoms. The van der Waals surface area contributed by atoms with Gasteiger partial charge in [-0.3, -0.25) is 9.13 Å². The van der Waals surface area contributed by atoms with Gasteiger partial charge in [0.1, 0.15) is 23.0 Å². The summed E-state index contributed by atoms with van der Waals surface area (Å²) in [6.45, 7) is 4.29. The summed E-state index contributed by atoms with van der Waals surface area (Å²) in [6, 6.07) is 25.5. The van der Waals surface area contributed by atoms with Gasteiger partial charge >= 0.3 is 0 Å². The number of aromatic hydroxyl groups is 4. The summed E-state index contributed by atoms with van der Waals surface area (Å²) in [4.78, 5) is 9.27. The van der Waals surface area contributed by atoms with Gasteiger partial charge in [-0.2, -0.15) is 0 Å². The third-order valence-electron chi connectivity index (χ3n) is 8.42. The summed E-state index contributed by atoms with van der Waals surface area (Å²) in [5.74, 6) is 0.0244. The van der Waals surface area contributed by atoms with E-state index in [1.807, 2.05) is 51.7 Å². The number of hydrogen-bond donors (Lipinski definition) is 7. The molecule has 4 heterocycles.